The Kier molecular flexibility index (Phi) is 4.05. The Morgan fingerprint density at radius 2 is 2.29 bits per heavy atom. The molecule has 0 heterocycles. The molecule has 1 unspecified atom stereocenters. The molecular formula is C13H23N3O. The van der Waals surface area contributed by atoms with Gasteiger partial charge in [0.25, 0.3) is 0 Å². The minimum Gasteiger partial charge on any atom is -0.409 e. The second-order valence-electron chi connectivity index (χ2n) is 5.55. The van der Waals surface area contributed by atoms with Crippen LogP contribution in [0.5, 0.6) is 0 Å². The lowest BCUT2D eigenvalue weighted by molar-refractivity contribution is 0.313. The van der Waals surface area contributed by atoms with Crippen LogP contribution in [-0.4, -0.2) is 24.1 Å². The number of hydrogen-bond donors (Lipinski definition) is 3. The van der Waals surface area contributed by atoms with Crippen LogP contribution in [0.15, 0.2) is 17.3 Å². The van der Waals surface area contributed by atoms with Crippen molar-refractivity contribution in [2.24, 2.45) is 22.2 Å². The van der Waals surface area contributed by atoms with E-state index in [1.54, 1.807) is 0 Å². The smallest absolute Gasteiger partial charge is 0.139 e. The van der Waals surface area contributed by atoms with Gasteiger partial charge in [-0.25, -0.2) is 0 Å². The summed E-state index contributed by atoms with van der Waals surface area (Å²) < 4.78 is 0. The van der Waals surface area contributed by atoms with Gasteiger partial charge in [-0.15, -0.1) is 0 Å². The number of oxime groups is 1. The highest BCUT2D eigenvalue weighted by atomic mass is 16.4. The maximum Gasteiger partial charge on any atom is 0.139 e. The van der Waals surface area contributed by atoms with Gasteiger partial charge in [-0.1, -0.05) is 17.3 Å². The van der Waals surface area contributed by atoms with Gasteiger partial charge in [0.15, 0.2) is 0 Å². The standard InChI is InChI=1S/C13H23N3O/c14-12(16-17)8-13(6-7-13)10-15-9-11-4-2-1-3-5-11/h1-2,11,15,17H,3-10H2,(H2,14,16). The van der Waals surface area contributed by atoms with Crippen LogP contribution in [0.1, 0.15) is 38.5 Å². The summed E-state index contributed by atoms with van der Waals surface area (Å²) in [5.74, 6) is 1.16. The highest BCUT2D eigenvalue weighted by Gasteiger charge is 2.42. The fourth-order valence-electron chi connectivity index (χ4n) is 2.60. The fraction of sp³-hybridized carbons (Fsp3) is 0.769. The monoisotopic (exact) mass is 237 g/mol. The summed E-state index contributed by atoms with van der Waals surface area (Å²) in [5.41, 5.74) is 5.86. The van der Waals surface area contributed by atoms with Crippen LogP contribution in [0.2, 0.25) is 0 Å². The first kappa shape index (κ1) is 12.4. The number of amidine groups is 1. The Hall–Kier alpha value is -1.03. The molecule has 1 fully saturated rings. The number of nitrogens with zero attached hydrogens (tertiary/aromatic N) is 1. The number of hydrogen-bond acceptors (Lipinski definition) is 3. The van der Waals surface area contributed by atoms with Crippen molar-refractivity contribution in [1.29, 1.82) is 0 Å². The lowest BCUT2D eigenvalue weighted by atomic mass is 9.94. The molecular weight excluding hydrogens is 214 g/mol. The Balaban J connectivity index is 1.66. The van der Waals surface area contributed by atoms with Crippen molar-refractivity contribution in [2.75, 3.05) is 13.1 Å². The minimum atomic E-state index is 0.279. The third kappa shape index (κ3) is 3.73. The number of nitrogens with two attached hydrogens (primary N) is 1. The molecule has 2 aliphatic rings. The highest BCUT2D eigenvalue weighted by molar-refractivity contribution is 5.80. The third-order valence-electron chi connectivity index (χ3n) is 3.95. The second-order valence-corrected chi connectivity index (χ2v) is 5.55. The predicted molar refractivity (Wildman–Crippen MR) is 69.0 cm³/mol. The molecule has 0 aromatic rings. The van der Waals surface area contributed by atoms with Crippen molar-refractivity contribution in [2.45, 2.75) is 38.5 Å². The van der Waals surface area contributed by atoms with Gasteiger partial charge in [0.05, 0.1) is 0 Å². The summed E-state index contributed by atoms with van der Waals surface area (Å²) in [5, 5.41) is 15.2. The molecule has 17 heavy (non-hydrogen) atoms. The van der Waals surface area contributed by atoms with E-state index in [9.17, 15) is 0 Å². The number of nitrogens with one attached hydrogen (secondary N) is 1. The molecule has 4 nitrogen and oxygen atoms in total. The van der Waals surface area contributed by atoms with Crippen molar-refractivity contribution in [3.63, 3.8) is 0 Å². The van der Waals surface area contributed by atoms with Crippen molar-refractivity contribution in [1.82, 2.24) is 5.32 Å². The van der Waals surface area contributed by atoms with Crippen LogP contribution >= 0.6 is 0 Å². The van der Waals surface area contributed by atoms with Gasteiger partial charge in [0, 0.05) is 13.0 Å². The van der Waals surface area contributed by atoms with Crippen molar-refractivity contribution in [3.8, 4) is 0 Å². The maximum atomic E-state index is 8.59. The summed E-state index contributed by atoms with van der Waals surface area (Å²) in [4.78, 5) is 0. The van der Waals surface area contributed by atoms with E-state index >= 15 is 0 Å². The molecule has 2 aliphatic carbocycles. The van der Waals surface area contributed by atoms with Crippen LogP contribution in [0.4, 0.5) is 0 Å². The van der Waals surface area contributed by atoms with E-state index in [0.29, 0.717) is 5.84 Å². The molecule has 4 N–H and O–H groups in total. The minimum absolute atomic E-state index is 0.279. The molecule has 1 atom stereocenters. The molecule has 0 aromatic carbocycles. The van der Waals surface area contributed by atoms with E-state index in [1.807, 2.05) is 0 Å². The Labute approximate surface area is 103 Å². The first-order chi connectivity index (χ1) is 8.24. The van der Waals surface area contributed by atoms with Crippen LogP contribution in [0.3, 0.4) is 0 Å². The molecule has 2 rings (SSSR count). The van der Waals surface area contributed by atoms with Gasteiger partial charge in [-0.05, 0) is 50.0 Å². The van der Waals surface area contributed by atoms with Crippen LogP contribution in [-0.2, 0) is 0 Å². The second kappa shape index (κ2) is 5.54. The molecule has 4 heteroatoms. The normalized spacial score (nSPS) is 27.1. The maximum absolute atomic E-state index is 8.59. The molecule has 0 saturated heterocycles. The van der Waals surface area contributed by atoms with Gasteiger partial charge < -0.3 is 16.3 Å². The van der Waals surface area contributed by atoms with E-state index in [1.165, 1.54) is 32.1 Å². The SMILES string of the molecule is NC(CC1(CNCC2CC=CCC2)CC1)=NO. The molecule has 96 valence electrons. The zero-order valence-corrected chi connectivity index (χ0v) is 10.4. The quantitative estimate of drug-likeness (QED) is 0.217. The van der Waals surface area contributed by atoms with Crippen molar-refractivity contribution >= 4 is 5.84 Å². The van der Waals surface area contributed by atoms with E-state index in [4.69, 9.17) is 10.9 Å². The van der Waals surface area contributed by atoms with Crippen molar-refractivity contribution < 1.29 is 5.21 Å². The molecule has 0 bridgehead atoms. The highest BCUT2D eigenvalue weighted by Crippen LogP contribution is 2.48. The van der Waals surface area contributed by atoms with Gasteiger partial charge in [-0.2, -0.15) is 0 Å². The summed E-state index contributed by atoms with van der Waals surface area (Å²) in [7, 11) is 0. The summed E-state index contributed by atoms with van der Waals surface area (Å²) >= 11 is 0. The summed E-state index contributed by atoms with van der Waals surface area (Å²) in [6.45, 7) is 2.10. The molecule has 0 radical (unpaired) electrons. The largest absolute Gasteiger partial charge is 0.409 e. The molecule has 0 amide bonds. The average Bonchev–Trinajstić information content (AvgIpc) is 3.10. The molecule has 1 saturated carbocycles. The third-order valence-corrected chi connectivity index (χ3v) is 3.95. The van der Waals surface area contributed by atoms with E-state index in [-0.39, 0.29) is 5.41 Å². The van der Waals surface area contributed by atoms with Crippen LogP contribution in [0, 0.1) is 11.3 Å². The lowest BCUT2D eigenvalue weighted by Gasteiger charge is -2.21. The fourth-order valence-corrected chi connectivity index (χ4v) is 2.60. The number of rotatable bonds is 6. The Morgan fingerprint density at radius 3 is 2.88 bits per heavy atom. The summed E-state index contributed by atoms with van der Waals surface area (Å²) in [6.07, 6.45) is 11.4. The van der Waals surface area contributed by atoms with Gasteiger partial charge in [0.2, 0.25) is 0 Å². The number of allylic oxidation sites excluding steroid dienone is 2. The van der Waals surface area contributed by atoms with Gasteiger partial charge in [0.1, 0.15) is 5.84 Å². The first-order valence-corrected chi connectivity index (χ1v) is 6.56. The van der Waals surface area contributed by atoms with Crippen LogP contribution in [0.25, 0.3) is 0 Å². The molecule has 0 spiro atoms. The van der Waals surface area contributed by atoms with Gasteiger partial charge in [-0.3, -0.25) is 0 Å². The zero-order chi connectivity index (χ0) is 12.1. The van der Waals surface area contributed by atoms with E-state index < -0.39 is 0 Å². The van der Waals surface area contributed by atoms with E-state index in [0.717, 1.165) is 25.4 Å². The Morgan fingerprint density at radius 1 is 1.47 bits per heavy atom. The van der Waals surface area contributed by atoms with Crippen LogP contribution < -0.4 is 11.1 Å². The van der Waals surface area contributed by atoms with Crippen molar-refractivity contribution in [3.05, 3.63) is 12.2 Å². The average molecular weight is 237 g/mol. The Bertz CT molecular complexity index is 308. The zero-order valence-electron chi connectivity index (χ0n) is 10.4. The lowest BCUT2D eigenvalue weighted by Crippen LogP contribution is -2.31. The predicted octanol–water partition coefficient (Wildman–Crippen LogP) is 1.85. The molecule has 0 aromatic heterocycles. The van der Waals surface area contributed by atoms with Gasteiger partial charge >= 0.3 is 0 Å². The molecule has 0 aliphatic heterocycles. The topological polar surface area (TPSA) is 70.6 Å². The summed E-state index contributed by atoms with van der Waals surface area (Å²) in [6, 6.07) is 0. The first-order valence-electron chi connectivity index (χ1n) is 6.56. The van der Waals surface area contributed by atoms with E-state index in [2.05, 4.69) is 22.6 Å².